The Kier molecular flexibility index (Phi) is 7.28. The van der Waals surface area contributed by atoms with Crippen LogP contribution >= 0.6 is 11.6 Å². The summed E-state index contributed by atoms with van der Waals surface area (Å²) in [6.07, 6.45) is 0.911. The summed E-state index contributed by atoms with van der Waals surface area (Å²) in [7, 11) is 0. The van der Waals surface area contributed by atoms with E-state index in [1.807, 2.05) is 0 Å². The van der Waals surface area contributed by atoms with E-state index in [9.17, 15) is 19.5 Å². The largest absolute Gasteiger partial charge is 0.519 e. The predicted octanol–water partition coefficient (Wildman–Crippen LogP) is 2.46. The van der Waals surface area contributed by atoms with Crippen LogP contribution in [0.5, 0.6) is 0 Å². The number of imidazole rings is 1. The first kappa shape index (κ1) is 25.6. The summed E-state index contributed by atoms with van der Waals surface area (Å²) in [5.74, 6) is -1.29. The Bertz CT molecular complexity index is 1330. The summed E-state index contributed by atoms with van der Waals surface area (Å²) in [5.41, 5.74) is -0.681. The van der Waals surface area contributed by atoms with Crippen LogP contribution in [0.15, 0.2) is 20.0 Å². The van der Waals surface area contributed by atoms with E-state index < -0.39 is 29.7 Å². The lowest BCUT2D eigenvalue weighted by atomic mass is 10.1. The molecule has 2 unspecified atom stereocenters. The Morgan fingerprint density at radius 3 is 2.75 bits per heavy atom. The molecule has 14 nitrogen and oxygen atoms in total. The van der Waals surface area contributed by atoms with Crippen molar-refractivity contribution < 1.29 is 37.7 Å². The summed E-state index contributed by atoms with van der Waals surface area (Å²) in [4.78, 5) is 48.4. The zero-order valence-electron chi connectivity index (χ0n) is 19.6. The normalized spacial score (nSPS) is 17.9. The van der Waals surface area contributed by atoms with Crippen molar-refractivity contribution in [1.29, 1.82) is 0 Å². The minimum Gasteiger partial charge on any atom is -0.457 e. The minimum atomic E-state index is -1.26. The molecule has 1 saturated heterocycles. The predicted molar refractivity (Wildman–Crippen MR) is 121 cm³/mol. The number of anilines is 1. The molecule has 0 saturated carbocycles. The van der Waals surface area contributed by atoms with E-state index in [-0.39, 0.29) is 53.9 Å². The number of rotatable bonds is 8. The smallest absolute Gasteiger partial charge is 0.457 e. The molecule has 0 radical (unpaired) electrons. The van der Waals surface area contributed by atoms with E-state index in [0.717, 1.165) is 0 Å². The number of halogens is 1. The van der Waals surface area contributed by atoms with Gasteiger partial charge in [0.15, 0.2) is 35.1 Å². The number of carbonyl (C=O) groups excluding carboxylic acids is 2. The molecule has 0 spiro atoms. The van der Waals surface area contributed by atoms with Gasteiger partial charge in [-0.05, 0) is 45.2 Å². The number of nitrogens with one attached hydrogen (secondary N) is 1. The minimum absolute atomic E-state index is 0.00860. The molecule has 1 amide bonds. The standard InChI is InChI=1S/C21H24ClN5O9/c1-10-12(35-20(31)33-10)8-32-14(29)6-21(2,3)36-19(30)25-16-15-17(26-18(22)24-16)27(9-23-15)13-5-4-11(7-28)34-13/h9,11,13,28H,4-8H2,1-3H3,(H,24,25,26,30). The van der Waals surface area contributed by atoms with E-state index in [2.05, 4.69) is 20.3 Å². The molecule has 2 atom stereocenters. The first-order valence-electron chi connectivity index (χ1n) is 11.0. The Balaban J connectivity index is 1.39. The van der Waals surface area contributed by atoms with Crippen LogP contribution in [0.2, 0.25) is 5.28 Å². The Morgan fingerprint density at radius 2 is 2.08 bits per heavy atom. The zero-order chi connectivity index (χ0) is 26.0. The molecule has 2 N–H and O–H groups in total. The number of aliphatic hydroxyl groups excluding tert-OH is 1. The molecule has 3 aromatic rings. The van der Waals surface area contributed by atoms with E-state index in [4.69, 9.17) is 34.6 Å². The van der Waals surface area contributed by atoms with Gasteiger partial charge in [-0.2, -0.15) is 9.97 Å². The number of ether oxygens (including phenoxy) is 3. The van der Waals surface area contributed by atoms with Gasteiger partial charge in [-0.1, -0.05) is 0 Å². The van der Waals surface area contributed by atoms with Gasteiger partial charge < -0.3 is 28.2 Å². The summed E-state index contributed by atoms with van der Waals surface area (Å²) in [6, 6.07) is 0. The third-order valence-corrected chi connectivity index (χ3v) is 5.52. The molecule has 1 aliphatic rings. The highest BCUT2D eigenvalue weighted by Crippen LogP contribution is 2.32. The fourth-order valence-electron chi connectivity index (χ4n) is 3.67. The number of esters is 1. The van der Waals surface area contributed by atoms with E-state index >= 15 is 0 Å². The summed E-state index contributed by atoms with van der Waals surface area (Å²) in [6.45, 7) is 4.13. The topological polar surface area (TPSA) is 181 Å². The number of fused-ring (bicyclic) bond motifs is 1. The molecule has 194 valence electrons. The maximum Gasteiger partial charge on any atom is 0.519 e. The molecule has 0 aliphatic carbocycles. The summed E-state index contributed by atoms with van der Waals surface area (Å²) >= 11 is 6.07. The van der Waals surface area contributed by atoms with Crippen LogP contribution < -0.4 is 11.1 Å². The van der Waals surface area contributed by atoms with Gasteiger partial charge in [-0.25, -0.2) is 14.6 Å². The van der Waals surface area contributed by atoms with Crippen molar-refractivity contribution in [3.8, 4) is 0 Å². The van der Waals surface area contributed by atoms with Crippen LogP contribution in [0, 0.1) is 6.92 Å². The van der Waals surface area contributed by atoms with Crippen LogP contribution in [0.4, 0.5) is 10.6 Å². The fourth-order valence-corrected chi connectivity index (χ4v) is 3.84. The van der Waals surface area contributed by atoms with Crippen molar-refractivity contribution in [3.63, 3.8) is 0 Å². The average Bonchev–Trinajstić information content (AvgIpc) is 3.49. The van der Waals surface area contributed by atoms with Gasteiger partial charge in [0.05, 0.1) is 25.5 Å². The average molecular weight is 526 g/mol. The molecule has 15 heteroatoms. The van der Waals surface area contributed by atoms with Crippen molar-refractivity contribution >= 4 is 40.6 Å². The lowest BCUT2D eigenvalue weighted by Crippen LogP contribution is -2.33. The fraction of sp³-hybridized carbons (Fsp3) is 0.524. The lowest BCUT2D eigenvalue weighted by molar-refractivity contribution is -0.149. The van der Waals surface area contributed by atoms with E-state index in [1.165, 1.54) is 27.1 Å². The molecule has 0 aromatic carbocycles. The highest BCUT2D eigenvalue weighted by atomic mass is 35.5. The lowest BCUT2D eigenvalue weighted by Gasteiger charge is -2.24. The van der Waals surface area contributed by atoms with E-state index in [0.29, 0.717) is 18.5 Å². The number of aliphatic hydroxyl groups is 1. The SMILES string of the molecule is Cc1oc(=O)oc1COC(=O)CC(C)(C)OC(=O)Nc1nc(Cl)nc2c1ncn2C1CCC(CO)O1. The highest BCUT2D eigenvalue weighted by molar-refractivity contribution is 6.28. The van der Waals surface area contributed by atoms with Crippen molar-refractivity contribution in [3.05, 3.63) is 33.7 Å². The van der Waals surface area contributed by atoms with Crippen molar-refractivity contribution in [2.45, 2.75) is 64.6 Å². The molecule has 36 heavy (non-hydrogen) atoms. The van der Waals surface area contributed by atoms with Crippen LogP contribution in [-0.2, 0) is 25.6 Å². The van der Waals surface area contributed by atoms with Gasteiger partial charge in [0.25, 0.3) is 0 Å². The molecule has 4 rings (SSSR count). The maximum atomic E-state index is 12.6. The molecule has 1 aliphatic heterocycles. The highest BCUT2D eigenvalue weighted by Gasteiger charge is 2.30. The quantitative estimate of drug-likeness (QED) is 0.324. The molecular weight excluding hydrogens is 502 g/mol. The van der Waals surface area contributed by atoms with Gasteiger partial charge in [0.2, 0.25) is 5.28 Å². The molecule has 3 aromatic heterocycles. The number of hydrogen-bond donors (Lipinski definition) is 2. The van der Waals surface area contributed by atoms with Crippen molar-refractivity contribution in [2.24, 2.45) is 0 Å². The van der Waals surface area contributed by atoms with Crippen LogP contribution in [-0.4, -0.2) is 55.0 Å². The molecule has 1 fully saturated rings. The zero-order valence-corrected chi connectivity index (χ0v) is 20.4. The van der Waals surface area contributed by atoms with Crippen molar-refractivity contribution in [1.82, 2.24) is 19.5 Å². The number of aryl methyl sites for hydroxylation is 1. The van der Waals surface area contributed by atoms with Gasteiger partial charge in [-0.15, -0.1) is 0 Å². The molecular formula is C21H24ClN5O9. The van der Waals surface area contributed by atoms with Crippen LogP contribution in [0.25, 0.3) is 11.2 Å². The Labute approximate surface area is 208 Å². The van der Waals surface area contributed by atoms with E-state index in [1.54, 1.807) is 4.57 Å². The third kappa shape index (κ3) is 5.83. The monoisotopic (exact) mass is 525 g/mol. The first-order valence-corrected chi connectivity index (χ1v) is 11.3. The molecule has 0 bridgehead atoms. The third-order valence-electron chi connectivity index (χ3n) is 5.35. The summed E-state index contributed by atoms with van der Waals surface area (Å²) < 4.78 is 27.4. The van der Waals surface area contributed by atoms with Crippen molar-refractivity contribution in [2.75, 3.05) is 11.9 Å². The van der Waals surface area contributed by atoms with Crippen LogP contribution in [0.3, 0.4) is 0 Å². The van der Waals surface area contributed by atoms with Gasteiger partial charge in [0, 0.05) is 0 Å². The number of nitrogens with zero attached hydrogens (tertiary/aromatic N) is 4. The Hall–Kier alpha value is -3.49. The number of hydrogen-bond acceptors (Lipinski definition) is 12. The van der Waals surface area contributed by atoms with Crippen LogP contribution in [0.1, 0.15) is 50.9 Å². The number of aromatic nitrogens is 4. The Morgan fingerprint density at radius 1 is 1.31 bits per heavy atom. The second-order valence-electron chi connectivity index (χ2n) is 8.68. The number of amides is 1. The first-order chi connectivity index (χ1) is 17.0. The maximum absolute atomic E-state index is 12.6. The number of carbonyl (C=O) groups is 2. The second kappa shape index (κ2) is 10.2. The van der Waals surface area contributed by atoms with Gasteiger partial charge in [0.1, 0.15) is 11.8 Å². The second-order valence-corrected chi connectivity index (χ2v) is 9.02. The summed E-state index contributed by atoms with van der Waals surface area (Å²) in [5, 5.41) is 11.7. The molecule has 4 heterocycles. The van der Waals surface area contributed by atoms with Gasteiger partial charge >= 0.3 is 17.9 Å². The van der Waals surface area contributed by atoms with Gasteiger partial charge in [-0.3, -0.25) is 14.7 Å².